The van der Waals surface area contributed by atoms with Crippen LogP contribution in [0, 0.1) is 46.3 Å². The van der Waals surface area contributed by atoms with Crippen LogP contribution in [0.4, 0.5) is 0 Å². The van der Waals surface area contributed by atoms with Crippen molar-refractivity contribution in [3.05, 3.63) is 12.2 Å². The minimum absolute atomic E-state index is 0.238. The van der Waals surface area contributed by atoms with Crippen LogP contribution in [0.3, 0.4) is 0 Å². The topological polar surface area (TPSA) is 63.9 Å². The average molecular weight is 328 g/mol. The Hall–Kier alpha value is -1.30. The predicted molar refractivity (Wildman–Crippen MR) is 91.5 cm³/mol. The summed E-state index contributed by atoms with van der Waals surface area (Å²) in [7, 11) is 0. The number of rotatable bonds is 4. The number of allylic oxidation sites excluding steroid dienone is 1. The summed E-state index contributed by atoms with van der Waals surface area (Å²) in [6, 6.07) is 2.32. The van der Waals surface area contributed by atoms with Crippen LogP contribution < -0.4 is 5.11 Å². The van der Waals surface area contributed by atoms with Gasteiger partial charge in [-0.15, -0.1) is 0 Å². The molecule has 3 aliphatic carbocycles. The van der Waals surface area contributed by atoms with E-state index >= 15 is 0 Å². The standard InChI is InChI=1S/C21H31NO2/c1-14-5-8-19-18(17(14)4-3-11-22)7-6-16-12-15(13-20(23)24)9-10-21(16,19)2/h15-19H,1,3-10,12-13H2,2H3,(H,23,24)/p-1/t15-,16-,17-,18+,19+,21+/m1/s1. The molecule has 24 heavy (non-hydrogen) atoms. The van der Waals surface area contributed by atoms with Gasteiger partial charge in [0.15, 0.2) is 0 Å². The van der Waals surface area contributed by atoms with Gasteiger partial charge in [0.1, 0.15) is 0 Å². The first-order valence-corrected chi connectivity index (χ1v) is 9.70. The zero-order valence-electron chi connectivity index (χ0n) is 14.9. The smallest absolute Gasteiger partial charge is 0.0621 e. The fourth-order valence-electron chi connectivity index (χ4n) is 6.44. The number of aliphatic carboxylic acids is 1. The van der Waals surface area contributed by atoms with Crippen LogP contribution in [-0.2, 0) is 4.79 Å². The first-order valence-electron chi connectivity index (χ1n) is 9.70. The monoisotopic (exact) mass is 328 g/mol. The highest BCUT2D eigenvalue weighted by atomic mass is 16.4. The minimum atomic E-state index is -0.886. The number of hydrogen-bond donors (Lipinski definition) is 0. The zero-order valence-corrected chi connectivity index (χ0v) is 14.9. The van der Waals surface area contributed by atoms with Crippen LogP contribution in [-0.4, -0.2) is 5.97 Å². The Labute approximate surface area is 146 Å². The number of carbonyl (C=O) groups excluding carboxylic acids is 1. The lowest BCUT2D eigenvalue weighted by Gasteiger charge is -2.59. The number of fused-ring (bicyclic) bond motifs is 3. The second-order valence-electron chi connectivity index (χ2n) is 8.77. The molecule has 6 atom stereocenters. The largest absolute Gasteiger partial charge is 0.550 e. The fraction of sp³-hybridized carbons (Fsp3) is 0.810. The van der Waals surface area contributed by atoms with E-state index in [1.54, 1.807) is 0 Å². The fourth-order valence-corrected chi connectivity index (χ4v) is 6.44. The number of hydrogen-bond acceptors (Lipinski definition) is 3. The molecule has 0 unspecified atom stereocenters. The molecule has 0 saturated heterocycles. The second kappa shape index (κ2) is 6.90. The number of carboxylic acid groups (broad SMARTS) is 1. The zero-order chi connectivity index (χ0) is 17.3. The maximum atomic E-state index is 11.0. The van der Waals surface area contributed by atoms with Crippen molar-refractivity contribution in [1.82, 2.24) is 0 Å². The van der Waals surface area contributed by atoms with Gasteiger partial charge in [0.2, 0.25) is 0 Å². The van der Waals surface area contributed by atoms with E-state index in [1.807, 2.05) is 0 Å². The summed E-state index contributed by atoms with van der Waals surface area (Å²) < 4.78 is 0. The molecule has 0 amide bonds. The molecule has 0 aliphatic heterocycles. The van der Waals surface area contributed by atoms with Crippen molar-refractivity contribution in [2.45, 2.75) is 71.1 Å². The molecule has 3 fully saturated rings. The van der Waals surface area contributed by atoms with Gasteiger partial charge in [-0.3, -0.25) is 0 Å². The lowest BCUT2D eigenvalue weighted by Crippen LogP contribution is -2.50. The van der Waals surface area contributed by atoms with E-state index in [4.69, 9.17) is 5.26 Å². The molecule has 3 aliphatic rings. The van der Waals surface area contributed by atoms with E-state index in [1.165, 1.54) is 24.8 Å². The van der Waals surface area contributed by atoms with Crippen molar-refractivity contribution in [2.75, 3.05) is 0 Å². The van der Waals surface area contributed by atoms with Gasteiger partial charge in [-0.2, -0.15) is 5.26 Å². The van der Waals surface area contributed by atoms with Gasteiger partial charge in [0.25, 0.3) is 0 Å². The molecule has 0 radical (unpaired) electrons. The van der Waals surface area contributed by atoms with Gasteiger partial charge < -0.3 is 9.90 Å². The van der Waals surface area contributed by atoms with Crippen molar-refractivity contribution < 1.29 is 9.90 Å². The third kappa shape index (κ3) is 3.13. The van der Waals surface area contributed by atoms with Crippen LogP contribution >= 0.6 is 0 Å². The molecule has 3 nitrogen and oxygen atoms in total. The Morgan fingerprint density at radius 2 is 2.17 bits per heavy atom. The molecule has 3 heteroatoms. The molecule has 3 saturated carbocycles. The number of nitrogens with zero attached hydrogens (tertiary/aromatic N) is 1. The normalized spacial score (nSPS) is 41.8. The van der Waals surface area contributed by atoms with E-state index in [0.717, 1.165) is 38.0 Å². The quantitative estimate of drug-likeness (QED) is 0.736. The molecule has 0 spiro atoms. The summed E-state index contributed by atoms with van der Waals surface area (Å²) in [6.07, 6.45) is 9.93. The lowest BCUT2D eigenvalue weighted by atomic mass is 9.46. The Morgan fingerprint density at radius 3 is 2.88 bits per heavy atom. The van der Waals surface area contributed by atoms with Gasteiger partial charge in [-0.1, -0.05) is 19.1 Å². The van der Waals surface area contributed by atoms with Crippen molar-refractivity contribution in [2.24, 2.45) is 35.0 Å². The summed E-state index contributed by atoms with van der Waals surface area (Å²) in [6.45, 7) is 6.80. The molecule has 3 rings (SSSR count). The van der Waals surface area contributed by atoms with Crippen LogP contribution in [0.5, 0.6) is 0 Å². The van der Waals surface area contributed by atoms with Gasteiger partial charge in [0.05, 0.1) is 6.07 Å². The summed E-state index contributed by atoms with van der Waals surface area (Å²) in [4.78, 5) is 11.0. The molecule has 132 valence electrons. The van der Waals surface area contributed by atoms with E-state index in [2.05, 4.69) is 19.6 Å². The van der Waals surface area contributed by atoms with Crippen molar-refractivity contribution in [1.29, 1.82) is 5.26 Å². The summed E-state index contributed by atoms with van der Waals surface area (Å²) in [5.74, 6) is 2.05. The van der Waals surface area contributed by atoms with Gasteiger partial charge in [0, 0.05) is 12.4 Å². The lowest BCUT2D eigenvalue weighted by molar-refractivity contribution is -0.307. The minimum Gasteiger partial charge on any atom is -0.550 e. The Morgan fingerprint density at radius 1 is 1.38 bits per heavy atom. The van der Waals surface area contributed by atoms with Crippen molar-refractivity contribution in [3.8, 4) is 6.07 Å². The van der Waals surface area contributed by atoms with Crippen LogP contribution in [0.25, 0.3) is 0 Å². The number of nitriles is 1. The van der Waals surface area contributed by atoms with E-state index in [0.29, 0.717) is 35.5 Å². The Kier molecular flexibility index (Phi) is 5.04. The molecular weight excluding hydrogens is 298 g/mol. The van der Waals surface area contributed by atoms with Gasteiger partial charge >= 0.3 is 0 Å². The number of carboxylic acids is 1. The van der Waals surface area contributed by atoms with Crippen molar-refractivity contribution in [3.63, 3.8) is 0 Å². The van der Waals surface area contributed by atoms with E-state index in [-0.39, 0.29) is 6.42 Å². The first-order chi connectivity index (χ1) is 11.5. The third-order valence-electron chi connectivity index (χ3n) is 7.69. The molecular formula is C21H30NO2-. The van der Waals surface area contributed by atoms with Crippen LogP contribution in [0.1, 0.15) is 71.1 Å². The summed E-state index contributed by atoms with van der Waals surface area (Å²) in [5.41, 5.74) is 1.73. The molecule has 0 aromatic carbocycles. The van der Waals surface area contributed by atoms with Crippen LogP contribution in [0.2, 0.25) is 0 Å². The van der Waals surface area contributed by atoms with Crippen molar-refractivity contribution >= 4 is 5.97 Å². The maximum absolute atomic E-state index is 11.0. The molecule has 0 N–H and O–H groups in total. The summed E-state index contributed by atoms with van der Waals surface area (Å²) >= 11 is 0. The highest BCUT2D eigenvalue weighted by molar-refractivity contribution is 5.64. The molecule has 0 bridgehead atoms. The van der Waals surface area contributed by atoms with Crippen LogP contribution in [0.15, 0.2) is 12.2 Å². The van der Waals surface area contributed by atoms with E-state index < -0.39 is 5.97 Å². The second-order valence-corrected chi connectivity index (χ2v) is 8.77. The first kappa shape index (κ1) is 17.5. The molecule has 0 heterocycles. The third-order valence-corrected chi connectivity index (χ3v) is 7.69. The Balaban J connectivity index is 1.75. The van der Waals surface area contributed by atoms with Gasteiger partial charge in [-0.25, -0.2) is 0 Å². The maximum Gasteiger partial charge on any atom is 0.0621 e. The average Bonchev–Trinajstić information content (AvgIpc) is 2.53. The highest BCUT2D eigenvalue weighted by Gasteiger charge is 2.53. The highest BCUT2D eigenvalue weighted by Crippen LogP contribution is 2.62. The van der Waals surface area contributed by atoms with E-state index in [9.17, 15) is 9.90 Å². The Bertz CT molecular complexity index is 549. The summed E-state index contributed by atoms with van der Waals surface area (Å²) in [5, 5.41) is 20.0. The predicted octanol–water partition coefficient (Wildman–Crippen LogP) is 3.85. The van der Waals surface area contributed by atoms with Gasteiger partial charge in [-0.05, 0) is 92.8 Å². The molecule has 0 aromatic rings. The molecule has 0 aromatic heterocycles. The SMILES string of the molecule is C=C1CC[C@H]2[C@@H](CC[C@@H]3C[C@H](CC(=O)[O-])CC[C@@]32C)[C@@H]1CCC#N. The number of carbonyl (C=O) groups is 1.